The molecule has 1 aromatic carbocycles. The molecular weight excluding hydrogens is 550 g/mol. The number of likely N-dealkylation sites (N-methyl/N-ethyl adjacent to an activating group) is 1. The lowest BCUT2D eigenvalue weighted by Crippen LogP contribution is -2.65. The van der Waals surface area contributed by atoms with Crippen LogP contribution in [-0.4, -0.2) is 107 Å². The number of hydrogen-bond donors (Lipinski definition) is 6. The predicted molar refractivity (Wildman–Crippen MR) is 140 cm³/mol. The minimum absolute atomic E-state index is 0.0426. The average molecular weight is 584 g/mol. The van der Waals surface area contributed by atoms with Gasteiger partial charge >= 0.3 is 0 Å². The summed E-state index contributed by atoms with van der Waals surface area (Å²) in [5, 5.41) is 45.7. The van der Waals surface area contributed by atoms with Crippen LogP contribution in [0, 0.1) is 11.8 Å². The van der Waals surface area contributed by atoms with Gasteiger partial charge in [-0.05, 0) is 50.0 Å². The Morgan fingerprint density at radius 3 is 2.25 bits per heavy atom. The molecule has 3 aliphatic carbocycles. The number of rotatable bonds is 5. The van der Waals surface area contributed by atoms with Crippen molar-refractivity contribution in [1.82, 2.24) is 9.96 Å². The zero-order chi connectivity index (χ0) is 30.5. The fourth-order valence-electron chi connectivity index (χ4n) is 5.76. The highest BCUT2D eigenvalue weighted by atomic mass is 32.2. The summed E-state index contributed by atoms with van der Waals surface area (Å²) >= 11 is 0. The Labute approximate surface area is 230 Å². The first-order chi connectivity index (χ1) is 18.4. The lowest BCUT2D eigenvalue weighted by atomic mass is 9.57. The summed E-state index contributed by atoms with van der Waals surface area (Å²) in [4.78, 5) is 45.5. The summed E-state index contributed by atoms with van der Waals surface area (Å²) in [7, 11) is 2.67. The molecule has 1 aromatic rings. The molecule has 7 N–H and O–H groups in total. The van der Waals surface area contributed by atoms with Crippen molar-refractivity contribution in [2.75, 3.05) is 34.5 Å². The van der Waals surface area contributed by atoms with Crippen LogP contribution in [0.25, 0.3) is 5.76 Å². The molecule has 220 valence electrons. The summed E-state index contributed by atoms with van der Waals surface area (Å²) in [5.74, 6) is -6.68. The first-order valence-electron chi connectivity index (χ1n) is 12.0. The van der Waals surface area contributed by atoms with E-state index in [2.05, 4.69) is 0 Å². The number of fused-ring (bicyclic) bond motifs is 3. The molecule has 40 heavy (non-hydrogen) atoms. The van der Waals surface area contributed by atoms with Gasteiger partial charge in [-0.2, -0.15) is 13.5 Å². The van der Waals surface area contributed by atoms with Crippen molar-refractivity contribution in [3.05, 3.63) is 45.7 Å². The third-order valence-electron chi connectivity index (χ3n) is 7.41. The number of carbonyl (C=O) groups excluding carboxylic acids is 3. The quantitative estimate of drug-likeness (QED) is 0.146. The molecule has 0 bridgehead atoms. The summed E-state index contributed by atoms with van der Waals surface area (Å²) in [6, 6.07) is 1.98. The lowest BCUT2D eigenvalue weighted by Gasteiger charge is -2.50. The van der Waals surface area contributed by atoms with E-state index in [4.69, 9.17) is 15.1 Å². The molecule has 14 nitrogen and oxygen atoms in total. The maximum absolute atomic E-state index is 13.8. The van der Waals surface area contributed by atoms with Crippen molar-refractivity contribution in [2.24, 2.45) is 17.6 Å². The highest BCUT2D eigenvalue weighted by molar-refractivity contribution is 7.85. The number of carbonyl (C=O) groups is 3. The highest BCUT2D eigenvalue weighted by Crippen LogP contribution is 2.52. The van der Waals surface area contributed by atoms with Gasteiger partial charge in [-0.25, -0.2) is 0 Å². The summed E-state index contributed by atoms with van der Waals surface area (Å²) in [6.45, 7) is 0.333. The van der Waals surface area contributed by atoms with Gasteiger partial charge in [0.05, 0.1) is 25.0 Å². The molecule has 1 amide bonds. The van der Waals surface area contributed by atoms with Gasteiger partial charge in [0.1, 0.15) is 22.8 Å². The molecule has 0 radical (unpaired) electrons. The number of primary amides is 1. The molecule has 1 saturated carbocycles. The average Bonchev–Trinajstić information content (AvgIpc) is 2.81. The van der Waals surface area contributed by atoms with Crippen molar-refractivity contribution in [1.29, 1.82) is 0 Å². The van der Waals surface area contributed by atoms with Gasteiger partial charge in [0.2, 0.25) is 5.78 Å². The van der Waals surface area contributed by atoms with E-state index in [1.165, 1.54) is 18.1 Å². The maximum Gasteiger partial charge on any atom is 0.261 e. The van der Waals surface area contributed by atoms with Crippen LogP contribution in [0.3, 0.4) is 0 Å². The Morgan fingerprint density at radius 1 is 1.18 bits per heavy atom. The van der Waals surface area contributed by atoms with Crippen LogP contribution in [0.2, 0.25) is 0 Å². The van der Waals surface area contributed by atoms with Gasteiger partial charge in [-0.1, -0.05) is 6.07 Å². The van der Waals surface area contributed by atoms with Crippen LogP contribution < -0.4 is 5.73 Å². The van der Waals surface area contributed by atoms with Gasteiger partial charge in [-0.15, -0.1) is 0 Å². The van der Waals surface area contributed by atoms with Crippen LogP contribution in [-0.2, 0) is 42.3 Å². The number of Topliss-reactive ketones (excluding diaryl/α,β-unsaturated/α-hetero) is 2. The van der Waals surface area contributed by atoms with E-state index in [9.17, 15) is 43.2 Å². The number of hydrogen-bond acceptors (Lipinski definition) is 12. The van der Waals surface area contributed by atoms with E-state index in [1.54, 1.807) is 32.3 Å². The van der Waals surface area contributed by atoms with Crippen LogP contribution in [0.4, 0.5) is 0 Å². The molecule has 0 aliphatic heterocycles. The van der Waals surface area contributed by atoms with Crippen LogP contribution in [0.5, 0.6) is 5.75 Å². The Balaban J connectivity index is 0.000000810. The van der Waals surface area contributed by atoms with E-state index in [0.29, 0.717) is 18.4 Å². The molecule has 3 aliphatic rings. The van der Waals surface area contributed by atoms with Gasteiger partial charge in [0, 0.05) is 25.1 Å². The largest absolute Gasteiger partial charge is 0.508 e. The summed E-state index contributed by atoms with van der Waals surface area (Å²) in [6.07, 6.45) is 0.990. The van der Waals surface area contributed by atoms with Crippen LogP contribution in [0.15, 0.2) is 29.0 Å². The highest BCUT2D eigenvalue weighted by Gasteiger charge is 2.64. The zero-order valence-electron chi connectivity index (χ0n) is 22.6. The third kappa shape index (κ3) is 5.35. The number of ketones is 2. The molecule has 0 spiro atoms. The molecule has 0 unspecified atom stereocenters. The van der Waals surface area contributed by atoms with Crippen molar-refractivity contribution in [2.45, 2.75) is 31.0 Å². The molecule has 0 saturated heterocycles. The van der Waals surface area contributed by atoms with Gasteiger partial charge < -0.3 is 31.0 Å². The second kappa shape index (κ2) is 10.9. The summed E-state index contributed by atoms with van der Waals surface area (Å²) in [5.41, 5.74) is 3.09. The molecule has 0 heterocycles. The summed E-state index contributed by atoms with van der Waals surface area (Å²) < 4.78 is 25.9. The smallest absolute Gasteiger partial charge is 0.261 e. The Kier molecular flexibility index (Phi) is 8.51. The lowest BCUT2D eigenvalue weighted by molar-refractivity contribution is -0.153. The van der Waals surface area contributed by atoms with Gasteiger partial charge in [0.15, 0.2) is 11.4 Å². The van der Waals surface area contributed by atoms with Crippen LogP contribution in [0.1, 0.15) is 23.1 Å². The number of amides is 1. The molecule has 4 atom stereocenters. The van der Waals surface area contributed by atoms with Gasteiger partial charge in [-0.3, -0.25) is 23.8 Å². The van der Waals surface area contributed by atoms with E-state index in [-0.39, 0.29) is 29.7 Å². The first-order valence-corrected chi connectivity index (χ1v) is 13.9. The first kappa shape index (κ1) is 31.2. The minimum atomic E-state index is -3.67. The number of nitrogens with zero attached hydrogens (tertiary/aromatic N) is 2. The van der Waals surface area contributed by atoms with E-state index in [1.807, 2.05) is 0 Å². The maximum atomic E-state index is 13.8. The third-order valence-corrected chi connectivity index (χ3v) is 7.41. The molecule has 1 fully saturated rings. The normalized spacial score (nSPS) is 26.3. The van der Waals surface area contributed by atoms with Crippen molar-refractivity contribution < 1.29 is 52.6 Å². The van der Waals surface area contributed by atoms with E-state index >= 15 is 0 Å². The van der Waals surface area contributed by atoms with Crippen LogP contribution >= 0.6 is 0 Å². The van der Waals surface area contributed by atoms with Crippen molar-refractivity contribution in [3.63, 3.8) is 0 Å². The minimum Gasteiger partial charge on any atom is -0.508 e. The Hall–Kier alpha value is -3.34. The predicted octanol–water partition coefficient (Wildman–Crippen LogP) is -0.539. The van der Waals surface area contributed by atoms with Crippen molar-refractivity contribution >= 4 is 33.4 Å². The van der Waals surface area contributed by atoms with Gasteiger partial charge in [0.25, 0.3) is 16.0 Å². The topological polar surface area (TPSA) is 228 Å². The monoisotopic (exact) mass is 583 g/mol. The number of aromatic hydroxyl groups is 1. The number of benzene rings is 1. The Morgan fingerprint density at radius 2 is 1.75 bits per heavy atom. The molecule has 4 rings (SSSR count). The second-order valence-electron chi connectivity index (χ2n) is 10.3. The van der Waals surface area contributed by atoms with E-state index < -0.39 is 68.2 Å². The fraction of sp³-hybridized carbons (Fsp3) is 0.480. The number of phenolic OH excluding ortho intramolecular Hbond substituents is 1. The SMILES string of the molecule is CON(C)Cc1ccc(O)c2c1C[C@H]1C[C@H]3[C@H](N(C)C)C(=O)C(C(N)=O)=C(O)[C@@]3(O)C(=O)C1=C2O.CS(=O)(=O)O. The Bertz CT molecular complexity index is 1430. The van der Waals surface area contributed by atoms with Crippen molar-refractivity contribution in [3.8, 4) is 5.75 Å². The number of nitrogens with two attached hydrogens (primary N) is 1. The fourth-order valence-corrected chi connectivity index (χ4v) is 5.76. The standard InChI is InChI=1S/C24H29N3O8.CH4O3S/c1-26(2)18-13-8-11-7-12-10(9-27(3)35-4)5-6-14(28)16(12)19(29)15(11)21(31)24(13,34)22(32)17(20(18)30)23(25)33;1-5(2,3)4/h5-6,11,13,18,28-29,32,34H,7-9H2,1-4H3,(H2,25,33);1H3,(H,2,3,4)/t11-,13-,18-,24-;/m0./s1. The number of aliphatic hydroxyl groups excluding tert-OH is 2. The van der Waals surface area contributed by atoms with E-state index in [0.717, 1.165) is 5.56 Å². The molecular formula is C25H33N3O11S. The number of phenols is 1. The number of aliphatic hydroxyl groups is 3. The zero-order valence-corrected chi connectivity index (χ0v) is 23.4. The molecule has 0 aromatic heterocycles. The second-order valence-corrected chi connectivity index (χ2v) is 11.7. The molecule has 15 heteroatoms. The number of hydroxylamine groups is 2.